The van der Waals surface area contributed by atoms with Crippen molar-refractivity contribution in [2.24, 2.45) is 5.92 Å². The van der Waals surface area contributed by atoms with Crippen LogP contribution in [0.5, 0.6) is 0 Å². The fourth-order valence-corrected chi connectivity index (χ4v) is 5.90. The Balaban J connectivity index is 0.00000226. The van der Waals surface area contributed by atoms with Crippen LogP contribution in [0.2, 0.25) is 0 Å². The second-order valence-corrected chi connectivity index (χ2v) is 11.8. The van der Waals surface area contributed by atoms with Crippen molar-refractivity contribution < 1.29 is 38.2 Å². The summed E-state index contributed by atoms with van der Waals surface area (Å²) in [5.41, 5.74) is 2.09. The molecule has 13 nitrogen and oxygen atoms in total. The first kappa shape index (κ1) is 34.3. The van der Waals surface area contributed by atoms with Crippen LogP contribution < -0.4 is 21.3 Å². The Morgan fingerprint density at radius 2 is 1.69 bits per heavy atom. The van der Waals surface area contributed by atoms with Gasteiger partial charge in [-0.2, -0.15) is 0 Å². The van der Waals surface area contributed by atoms with Crippen LogP contribution in [0.3, 0.4) is 0 Å². The third-order valence-corrected chi connectivity index (χ3v) is 8.43. The minimum Gasteiger partial charge on any atom is -0.444 e. The minimum absolute atomic E-state index is 0.0871. The molecule has 4 amide bonds. The van der Waals surface area contributed by atoms with Gasteiger partial charge in [0.15, 0.2) is 5.78 Å². The van der Waals surface area contributed by atoms with E-state index in [0.29, 0.717) is 50.9 Å². The van der Waals surface area contributed by atoms with Gasteiger partial charge in [-0.3, -0.25) is 29.4 Å². The van der Waals surface area contributed by atoms with Crippen LogP contribution in [-0.4, -0.2) is 98.2 Å². The Bertz CT molecular complexity index is 1210. The molecule has 4 atom stereocenters. The quantitative estimate of drug-likeness (QED) is 0.237. The zero-order chi connectivity index (χ0) is 32.3. The van der Waals surface area contributed by atoms with E-state index >= 15 is 0 Å². The fourth-order valence-electron chi connectivity index (χ4n) is 5.90. The number of epoxide rings is 1. The van der Waals surface area contributed by atoms with E-state index in [1.807, 2.05) is 24.8 Å². The number of carbonyl (C=O) groups excluding carboxylic acids is 5. The third-order valence-electron chi connectivity index (χ3n) is 8.43. The van der Waals surface area contributed by atoms with E-state index in [9.17, 15) is 24.0 Å². The molecule has 4 aliphatic rings. The van der Waals surface area contributed by atoms with Crippen molar-refractivity contribution in [3.05, 3.63) is 29.3 Å². The van der Waals surface area contributed by atoms with E-state index in [0.717, 1.165) is 36.8 Å². The zero-order valence-electron chi connectivity index (χ0n) is 26.5. The lowest BCUT2D eigenvalue weighted by atomic mass is 9.94. The molecule has 0 radical (unpaired) electrons. The third kappa shape index (κ3) is 10.2. The molecule has 3 aliphatic heterocycles. The number of ketones is 1. The number of ether oxygens (including phenoxy) is 3. The summed E-state index contributed by atoms with van der Waals surface area (Å²) in [5, 5.41) is 11.1. The first-order valence-electron chi connectivity index (χ1n) is 16.2. The summed E-state index contributed by atoms with van der Waals surface area (Å²) in [6.45, 7) is 8.53. The molecular weight excluding hydrogens is 582 g/mol. The van der Waals surface area contributed by atoms with Crippen LogP contribution >= 0.6 is 0 Å². The molecule has 3 fully saturated rings. The SMILES string of the molecule is CC.CC(NC(=O)CN1CCOCC1)C(=O)NC(Cc1ccc2c(c1)COC(=O)N2)C(=O)NC(CC1CCCC1)C(=O)C1CO1. The van der Waals surface area contributed by atoms with Gasteiger partial charge in [0.2, 0.25) is 17.7 Å². The van der Waals surface area contributed by atoms with Gasteiger partial charge in [0, 0.05) is 25.1 Å². The molecule has 1 aromatic carbocycles. The number of morpholine rings is 1. The number of nitrogens with zero attached hydrogens (tertiary/aromatic N) is 1. The number of hydrogen-bond donors (Lipinski definition) is 4. The number of anilines is 1. The van der Waals surface area contributed by atoms with Crippen LogP contribution in [0.4, 0.5) is 10.5 Å². The summed E-state index contributed by atoms with van der Waals surface area (Å²) in [5.74, 6) is -1.10. The monoisotopic (exact) mass is 629 g/mol. The van der Waals surface area contributed by atoms with E-state index < -0.39 is 42.1 Å². The Labute approximate surface area is 264 Å². The maximum atomic E-state index is 13.7. The molecule has 4 unspecified atom stereocenters. The van der Waals surface area contributed by atoms with Gasteiger partial charge in [0.05, 0.1) is 38.1 Å². The lowest BCUT2D eigenvalue weighted by Crippen LogP contribution is -2.57. The summed E-state index contributed by atoms with van der Waals surface area (Å²) in [6, 6.07) is 2.68. The Morgan fingerprint density at radius 3 is 2.38 bits per heavy atom. The molecule has 0 bridgehead atoms. The molecule has 0 aromatic heterocycles. The van der Waals surface area contributed by atoms with Crippen LogP contribution in [0.15, 0.2) is 18.2 Å². The maximum Gasteiger partial charge on any atom is 0.411 e. The molecule has 2 saturated heterocycles. The lowest BCUT2D eigenvalue weighted by molar-refractivity contribution is -0.133. The first-order valence-corrected chi connectivity index (χ1v) is 16.2. The van der Waals surface area contributed by atoms with Gasteiger partial charge in [0.1, 0.15) is 24.8 Å². The van der Waals surface area contributed by atoms with E-state index in [-0.39, 0.29) is 31.3 Å². The number of rotatable bonds is 13. The van der Waals surface area contributed by atoms with Crippen molar-refractivity contribution in [1.29, 1.82) is 0 Å². The Morgan fingerprint density at radius 1 is 1.00 bits per heavy atom. The van der Waals surface area contributed by atoms with Crippen molar-refractivity contribution >= 4 is 35.3 Å². The molecular formula is C32H47N5O8. The van der Waals surface area contributed by atoms with E-state index in [1.54, 1.807) is 19.1 Å². The number of cyclic esters (lactones) is 1. The van der Waals surface area contributed by atoms with Crippen molar-refractivity contribution in [3.8, 4) is 0 Å². The molecule has 1 aliphatic carbocycles. The number of hydrogen-bond acceptors (Lipinski definition) is 9. The number of carbonyl (C=O) groups is 5. The summed E-state index contributed by atoms with van der Waals surface area (Å²) in [6.07, 6.45) is 3.86. The fraction of sp³-hybridized carbons (Fsp3) is 0.656. The summed E-state index contributed by atoms with van der Waals surface area (Å²) in [4.78, 5) is 66.2. The average Bonchev–Trinajstić information content (AvgIpc) is 3.77. The number of benzene rings is 1. The lowest BCUT2D eigenvalue weighted by Gasteiger charge is -2.27. The topological polar surface area (TPSA) is 168 Å². The highest BCUT2D eigenvalue weighted by Gasteiger charge is 2.39. The van der Waals surface area contributed by atoms with E-state index in [1.165, 1.54) is 0 Å². The molecule has 4 N–H and O–H groups in total. The van der Waals surface area contributed by atoms with Gasteiger partial charge in [-0.05, 0) is 30.9 Å². The van der Waals surface area contributed by atoms with Crippen molar-refractivity contribution in [1.82, 2.24) is 20.9 Å². The summed E-state index contributed by atoms with van der Waals surface area (Å²) in [7, 11) is 0. The molecule has 3 heterocycles. The van der Waals surface area contributed by atoms with Crippen LogP contribution in [0, 0.1) is 5.92 Å². The second-order valence-electron chi connectivity index (χ2n) is 11.8. The van der Waals surface area contributed by atoms with Crippen molar-refractivity contribution in [3.63, 3.8) is 0 Å². The van der Waals surface area contributed by atoms with Crippen LogP contribution in [0.1, 0.15) is 64.0 Å². The number of amides is 4. The Kier molecular flexibility index (Phi) is 12.7. The van der Waals surface area contributed by atoms with Gasteiger partial charge in [0.25, 0.3) is 0 Å². The van der Waals surface area contributed by atoms with Gasteiger partial charge >= 0.3 is 6.09 Å². The van der Waals surface area contributed by atoms with E-state index in [2.05, 4.69) is 21.3 Å². The van der Waals surface area contributed by atoms with Crippen LogP contribution in [0.25, 0.3) is 0 Å². The molecule has 1 aromatic rings. The van der Waals surface area contributed by atoms with Gasteiger partial charge in [-0.1, -0.05) is 51.7 Å². The predicted octanol–water partition coefficient (Wildman–Crippen LogP) is 1.67. The highest BCUT2D eigenvalue weighted by atomic mass is 16.6. The normalized spacial score (nSPS) is 21.4. The second kappa shape index (κ2) is 16.7. The molecule has 13 heteroatoms. The van der Waals surface area contributed by atoms with Crippen molar-refractivity contribution in [2.75, 3.05) is 44.8 Å². The minimum atomic E-state index is -1.03. The zero-order valence-corrected chi connectivity index (χ0v) is 26.5. The average molecular weight is 630 g/mol. The van der Waals surface area contributed by atoms with Gasteiger partial charge in [-0.15, -0.1) is 0 Å². The van der Waals surface area contributed by atoms with Crippen molar-refractivity contribution in [2.45, 2.75) is 90.1 Å². The number of Topliss-reactive ketones (excluding diaryl/α,β-unsaturated/α-hetero) is 1. The highest BCUT2D eigenvalue weighted by molar-refractivity contribution is 5.96. The molecule has 0 spiro atoms. The van der Waals surface area contributed by atoms with Crippen LogP contribution in [-0.2, 0) is 46.4 Å². The summed E-state index contributed by atoms with van der Waals surface area (Å²) < 4.78 is 15.6. The summed E-state index contributed by atoms with van der Waals surface area (Å²) >= 11 is 0. The smallest absolute Gasteiger partial charge is 0.411 e. The number of nitrogens with one attached hydrogen (secondary N) is 4. The first-order chi connectivity index (χ1) is 21.7. The predicted molar refractivity (Wildman–Crippen MR) is 165 cm³/mol. The molecule has 45 heavy (non-hydrogen) atoms. The Hall–Kier alpha value is -3.55. The molecule has 248 valence electrons. The molecule has 5 rings (SSSR count). The largest absolute Gasteiger partial charge is 0.444 e. The highest BCUT2D eigenvalue weighted by Crippen LogP contribution is 2.30. The molecule has 1 saturated carbocycles. The standard InChI is InChI=1S/C30H41N5O8.C2H6/c1-18(31-26(36)15-35-8-10-41-11-9-35)28(38)33-24(14-20-6-7-22-21(12-20)16-43-30(40)34-22)29(39)32-23(27(37)25-17-42-25)13-19-4-2-3-5-19;1-2/h6-7,12,18-19,23-25H,2-5,8-11,13-17H2,1H3,(H,31,36)(H,32,39)(H,33,38)(H,34,40);1-2H3. The van der Waals surface area contributed by atoms with Gasteiger partial charge in [-0.25, -0.2) is 4.79 Å². The van der Waals surface area contributed by atoms with E-state index in [4.69, 9.17) is 14.2 Å². The number of fused-ring (bicyclic) bond motifs is 1. The maximum absolute atomic E-state index is 13.7. The van der Waals surface area contributed by atoms with Gasteiger partial charge < -0.3 is 30.2 Å².